The summed E-state index contributed by atoms with van der Waals surface area (Å²) < 4.78 is 32.7. The first-order valence-corrected chi connectivity index (χ1v) is 10.8. The minimum absolute atomic E-state index is 0.0487. The minimum Gasteiger partial charge on any atom is -0.489 e. The lowest BCUT2D eigenvalue weighted by atomic mass is 10.2. The van der Waals surface area contributed by atoms with E-state index >= 15 is 0 Å². The average molecular weight is 472 g/mol. The van der Waals surface area contributed by atoms with Crippen LogP contribution in [0.3, 0.4) is 0 Å². The molecule has 0 bridgehead atoms. The zero-order valence-corrected chi connectivity index (χ0v) is 18.1. The summed E-state index contributed by atoms with van der Waals surface area (Å²) >= 11 is 6.84. The number of amides is 2. The number of rotatable bonds is 6. The molecule has 1 heterocycles. The summed E-state index contributed by atoms with van der Waals surface area (Å²) in [5, 5.41) is -0.290. The number of hydrogen-bond donors (Lipinski definition) is 0. The second-order valence-electron chi connectivity index (χ2n) is 6.96. The SMILES string of the molecule is O=C1S/C(=C\c2cccc(OCc3ccccc3F)c2)C(=O)N1Cc1ccc(F)cc1Cl. The summed E-state index contributed by atoms with van der Waals surface area (Å²) in [6.07, 6.45) is 1.59. The first-order valence-electron chi connectivity index (χ1n) is 9.56. The third-order valence-corrected chi connectivity index (χ3v) is 5.98. The van der Waals surface area contributed by atoms with Gasteiger partial charge in [0.2, 0.25) is 0 Å². The summed E-state index contributed by atoms with van der Waals surface area (Å²) in [6.45, 7) is 0.0119. The minimum atomic E-state index is -0.495. The number of imide groups is 1. The Hall–Kier alpha value is -3.16. The van der Waals surface area contributed by atoms with Gasteiger partial charge in [0.05, 0.1) is 11.4 Å². The van der Waals surface area contributed by atoms with Crippen molar-refractivity contribution < 1.29 is 23.1 Å². The second-order valence-corrected chi connectivity index (χ2v) is 8.36. The molecule has 2 amide bonds. The molecule has 1 fully saturated rings. The van der Waals surface area contributed by atoms with Gasteiger partial charge in [-0.25, -0.2) is 8.78 Å². The van der Waals surface area contributed by atoms with Gasteiger partial charge in [0.1, 0.15) is 24.0 Å². The Morgan fingerprint density at radius 2 is 1.78 bits per heavy atom. The van der Waals surface area contributed by atoms with Gasteiger partial charge in [-0.05, 0) is 59.3 Å². The molecule has 3 aromatic carbocycles. The quantitative estimate of drug-likeness (QED) is 0.388. The van der Waals surface area contributed by atoms with Gasteiger partial charge in [0, 0.05) is 10.6 Å². The van der Waals surface area contributed by atoms with Crippen LogP contribution in [0, 0.1) is 11.6 Å². The number of hydrogen-bond acceptors (Lipinski definition) is 4. The fourth-order valence-electron chi connectivity index (χ4n) is 3.08. The van der Waals surface area contributed by atoms with Gasteiger partial charge in [0.15, 0.2) is 0 Å². The Kier molecular flexibility index (Phi) is 6.58. The van der Waals surface area contributed by atoms with Crippen molar-refractivity contribution in [2.24, 2.45) is 0 Å². The molecule has 3 aromatic rings. The standard InChI is InChI=1S/C24H16ClF2NO3S/c25-20-12-18(26)9-8-16(20)13-28-23(29)22(32-24(28)30)11-15-4-3-6-19(10-15)31-14-17-5-1-2-7-21(17)27/h1-12H,13-14H2/b22-11-. The van der Waals surface area contributed by atoms with Crippen LogP contribution >= 0.6 is 23.4 Å². The monoisotopic (exact) mass is 471 g/mol. The lowest BCUT2D eigenvalue weighted by Gasteiger charge is -2.13. The van der Waals surface area contributed by atoms with E-state index in [4.69, 9.17) is 16.3 Å². The van der Waals surface area contributed by atoms with Crippen molar-refractivity contribution in [1.29, 1.82) is 0 Å². The molecular formula is C24H16ClF2NO3S. The van der Waals surface area contributed by atoms with E-state index in [-0.39, 0.29) is 28.9 Å². The molecule has 0 N–H and O–H groups in total. The van der Waals surface area contributed by atoms with Crippen LogP contribution in [0.4, 0.5) is 13.6 Å². The van der Waals surface area contributed by atoms with E-state index in [9.17, 15) is 18.4 Å². The molecule has 1 aliphatic rings. The number of halogens is 3. The van der Waals surface area contributed by atoms with E-state index in [1.165, 1.54) is 18.2 Å². The van der Waals surface area contributed by atoms with E-state index in [0.29, 0.717) is 22.4 Å². The highest BCUT2D eigenvalue weighted by molar-refractivity contribution is 8.18. The topological polar surface area (TPSA) is 46.6 Å². The molecule has 32 heavy (non-hydrogen) atoms. The zero-order valence-electron chi connectivity index (χ0n) is 16.6. The maximum Gasteiger partial charge on any atom is 0.293 e. The van der Waals surface area contributed by atoms with E-state index in [1.54, 1.807) is 48.5 Å². The van der Waals surface area contributed by atoms with Crippen LogP contribution in [0.15, 0.2) is 71.6 Å². The van der Waals surface area contributed by atoms with Gasteiger partial charge in [0.25, 0.3) is 11.1 Å². The third kappa shape index (κ3) is 5.00. The summed E-state index contributed by atoms with van der Waals surface area (Å²) in [4.78, 5) is 26.5. The van der Waals surface area contributed by atoms with Crippen LogP contribution < -0.4 is 4.74 Å². The molecule has 0 radical (unpaired) electrons. The maximum absolute atomic E-state index is 13.8. The molecule has 0 unspecified atom stereocenters. The predicted molar refractivity (Wildman–Crippen MR) is 120 cm³/mol. The van der Waals surface area contributed by atoms with E-state index < -0.39 is 17.0 Å². The zero-order chi connectivity index (χ0) is 22.7. The van der Waals surface area contributed by atoms with Crippen LogP contribution in [0.2, 0.25) is 5.02 Å². The normalized spacial score (nSPS) is 15.0. The molecule has 4 nitrogen and oxygen atoms in total. The Bertz CT molecular complexity index is 1230. The first-order chi connectivity index (χ1) is 15.4. The van der Waals surface area contributed by atoms with Crippen molar-refractivity contribution in [3.8, 4) is 5.75 Å². The van der Waals surface area contributed by atoms with Gasteiger partial charge >= 0.3 is 0 Å². The molecule has 162 valence electrons. The summed E-state index contributed by atoms with van der Waals surface area (Å²) in [7, 11) is 0. The summed E-state index contributed by atoms with van der Waals surface area (Å²) in [5.41, 5.74) is 1.56. The number of ether oxygens (including phenoxy) is 1. The average Bonchev–Trinajstić information content (AvgIpc) is 3.02. The summed E-state index contributed by atoms with van der Waals surface area (Å²) in [5.74, 6) is -0.805. The van der Waals surface area contributed by atoms with Gasteiger partial charge in [-0.15, -0.1) is 0 Å². The van der Waals surface area contributed by atoms with Crippen molar-refractivity contribution in [3.63, 3.8) is 0 Å². The Morgan fingerprint density at radius 1 is 0.969 bits per heavy atom. The Morgan fingerprint density at radius 3 is 2.56 bits per heavy atom. The maximum atomic E-state index is 13.8. The Labute approximate surface area is 192 Å². The highest BCUT2D eigenvalue weighted by Gasteiger charge is 2.35. The van der Waals surface area contributed by atoms with Gasteiger partial charge < -0.3 is 4.74 Å². The van der Waals surface area contributed by atoms with Crippen LogP contribution in [0.25, 0.3) is 6.08 Å². The third-order valence-electron chi connectivity index (χ3n) is 4.73. The molecule has 0 aliphatic carbocycles. The first kappa shape index (κ1) is 22.0. The van der Waals surface area contributed by atoms with Crippen LogP contribution in [0.1, 0.15) is 16.7 Å². The largest absolute Gasteiger partial charge is 0.489 e. The molecule has 0 atom stereocenters. The van der Waals surface area contributed by atoms with Crippen LogP contribution in [0.5, 0.6) is 5.75 Å². The van der Waals surface area contributed by atoms with Crippen molar-refractivity contribution in [3.05, 3.63) is 105 Å². The van der Waals surface area contributed by atoms with Gasteiger partial charge in [-0.1, -0.05) is 48.0 Å². The molecule has 1 aliphatic heterocycles. The highest BCUT2D eigenvalue weighted by Crippen LogP contribution is 2.34. The van der Waals surface area contributed by atoms with E-state index in [2.05, 4.69) is 0 Å². The van der Waals surface area contributed by atoms with Gasteiger partial charge in [-0.3, -0.25) is 14.5 Å². The lowest BCUT2D eigenvalue weighted by Crippen LogP contribution is -2.27. The molecule has 8 heteroatoms. The number of benzene rings is 3. The molecule has 4 rings (SSSR count). The fraction of sp³-hybridized carbons (Fsp3) is 0.0833. The lowest BCUT2D eigenvalue weighted by molar-refractivity contribution is -0.123. The van der Waals surface area contributed by atoms with E-state index in [0.717, 1.165) is 22.7 Å². The number of carbonyl (C=O) groups is 2. The predicted octanol–water partition coefficient (Wildman–Crippen LogP) is 6.43. The van der Waals surface area contributed by atoms with E-state index in [1.807, 2.05) is 0 Å². The van der Waals surface area contributed by atoms with Crippen LogP contribution in [-0.2, 0) is 17.9 Å². The number of thioether (sulfide) groups is 1. The van der Waals surface area contributed by atoms with Crippen molar-refractivity contribution in [2.45, 2.75) is 13.2 Å². The fourth-order valence-corrected chi connectivity index (χ4v) is 4.14. The van der Waals surface area contributed by atoms with Crippen molar-refractivity contribution in [1.82, 2.24) is 4.90 Å². The molecule has 0 saturated carbocycles. The summed E-state index contributed by atoms with van der Waals surface area (Å²) in [6, 6.07) is 17.1. The van der Waals surface area contributed by atoms with Crippen LogP contribution in [-0.4, -0.2) is 16.0 Å². The van der Waals surface area contributed by atoms with Gasteiger partial charge in [-0.2, -0.15) is 0 Å². The highest BCUT2D eigenvalue weighted by atomic mass is 35.5. The van der Waals surface area contributed by atoms with Crippen molar-refractivity contribution in [2.75, 3.05) is 0 Å². The Balaban J connectivity index is 1.48. The molecule has 0 spiro atoms. The molecule has 1 saturated heterocycles. The number of carbonyl (C=O) groups excluding carboxylic acids is 2. The second kappa shape index (κ2) is 9.54. The number of nitrogens with zero attached hydrogens (tertiary/aromatic N) is 1. The molecule has 0 aromatic heterocycles. The van der Waals surface area contributed by atoms with Crippen molar-refractivity contribution >= 4 is 40.6 Å². The molecular weight excluding hydrogens is 456 g/mol. The smallest absolute Gasteiger partial charge is 0.293 e.